The van der Waals surface area contributed by atoms with E-state index in [4.69, 9.17) is 0 Å². The number of aromatic amines is 1. The summed E-state index contributed by atoms with van der Waals surface area (Å²) in [5.74, 6) is -2.45. The number of amides is 1. The second-order valence-corrected chi connectivity index (χ2v) is 10.7. The van der Waals surface area contributed by atoms with Gasteiger partial charge in [-0.2, -0.15) is 17.5 Å². The molecule has 1 amide bonds. The number of halogens is 4. The molecule has 1 saturated carbocycles. The van der Waals surface area contributed by atoms with Gasteiger partial charge in [0.15, 0.2) is 17.5 Å². The number of rotatable bonds is 7. The van der Waals surface area contributed by atoms with Gasteiger partial charge in [-0.3, -0.25) is 4.79 Å². The topological polar surface area (TPSA) is 133 Å². The Labute approximate surface area is 196 Å². The third kappa shape index (κ3) is 4.40. The summed E-state index contributed by atoms with van der Waals surface area (Å²) < 4.78 is 78.9. The maximum atomic E-state index is 14.7. The van der Waals surface area contributed by atoms with Gasteiger partial charge in [0.05, 0.1) is 11.4 Å². The smallest absolute Gasteiger partial charge is 0.351 e. The second-order valence-electron chi connectivity index (χ2n) is 8.51. The zero-order valence-electron chi connectivity index (χ0n) is 17.9. The van der Waals surface area contributed by atoms with Gasteiger partial charge in [0, 0.05) is 36.4 Å². The molecule has 0 spiro atoms. The Morgan fingerprint density at radius 1 is 1.26 bits per heavy atom. The summed E-state index contributed by atoms with van der Waals surface area (Å²) in [6.45, 7) is -2.55. The molecule has 4 heterocycles. The molecule has 1 aliphatic carbocycles. The van der Waals surface area contributed by atoms with E-state index >= 15 is 0 Å². The van der Waals surface area contributed by atoms with Crippen molar-refractivity contribution in [2.24, 2.45) is 0 Å². The number of hydrogen-bond donors (Lipinski definition) is 3. The van der Waals surface area contributed by atoms with Crippen LogP contribution in [0, 0.1) is 5.82 Å². The van der Waals surface area contributed by atoms with Crippen LogP contribution >= 0.6 is 0 Å². The highest BCUT2D eigenvalue weighted by Crippen LogP contribution is 2.37. The van der Waals surface area contributed by atoms with Crippen LogP contribution in [0.4, 0.5) is 23.4 Å². The lowest BCUT2D eigenvalue weighted by atomic mass is 9.91. The highest BCUT2D eigenvalue weighted by atomic mass is 32.2. The Morgan fingerprint density at radius 3 is 2.69 bits per heavy atom. The maximum absolute atomic E-state index is 14.7. The molecule has 186 valence electrons. The van der Waals surface area contributed by atoms with E-state index in [0.29, 0.717) is 29.4 Å². The number of fused-ring (bicyclic) bond motifs is 1. The predicted octanol–water partition coefficient (Wildman–Crippen LogP) is 1.80. The minimum absolute atomic E-state index is 0.0702. The summed E-state index contributed by atoms with van der Waals surface area (Å²) in [5.41, 5.74) is -0.826. The number of carbonyl (C=O) groups is 1. The minimum atomic E-state index is -4.68. The van der Waals surface area contributed by atoms with Crippen LogP contribution in [0.1, 0.15) is 12.8 Å². The largest absolute Gasteiger partial charge is 0.405 e. The first-order chi connectivity index (χ1) is 16.5. The lowest BCUT2D eigenvalue weighted by Gasteiger charge is -2.48. The van der Waals surface area contributed by atoms with Gasteiger partial charge in [-0.1, -0.05) is 0 Å². The van der Waals surface area contributed by atoms with E-state index in [2.05, 4.69) is 25.3 Å². The highest BCUT2D eigenvalue weighted by Gasteiger charge is 2.57. The van der Waals surface area contributed by atoms with Crippen molar-refractivity contribution in [3.63, 3.8) is 0 Å². The van der Waals surface area contributed by atoms with Gasteiger partial charge in [0.25, 0.3) is 0 Å². The highest BCUT2D eigenvalue weighted by molar-refractivity contribution is 7.90. The Hall–Kier alpha value is -3.33. The molecule has 3 N–H and O–H groups in total. The summed E-state index contributed by atoms with van der Waals surface area (Å²) >= 11 is 0. The zero-order chi connectivity index (χ0) is 25.0. The van der Waals surface area contributed by atoms with E-state index in [1.165, 1.54) is 0 Å². The summed E-state index contributed by atoms with van der Waals surface area (Å²) in [4.78, 5) is 28.0. The van der Waals surface area contributed by atoms with Crippen molar-refractivity contribution in [2.75, 3.05) is 25.0 Å². The average molecular weight is 513 g/mol. The molecule has 2 aliphatic rings. The van der Waals surface area contributed by atoms with Gasteiger partial charge in [-0.15, -0.1) is 0 Å². The molecule has 3 aromatic rings. The molecule has 1 aliphatic heterocycles. The first-order valence-corrected chi connectivity index (χ1v) is 12.1. The van der Waals surface area contributed by atoms with Gasteiger partial charge < -0.3 is 15.6 Å². The lowest BCUT2D eigenvalue weighted by molar-refractivity contribution is -0.143. The van der Waals surface area contributed by atoms with Crippen molar-refractivity contribution in [3.05, 3.63) is 36.5 Å². The lowest BCUT2D eigenvalue weighted by Crippen LogP contribution is -2.74. The first-order valence-electron chi connectivity index (χ1n) is 10.6. The Kier molecular flexibility index (Phi) is 5.43. The van der Waals surface area contributed by atoms with Crippen LogP contribution in [0.25, 0.3) is 22.4 Å². The Balaban J connectivity index is 1.45. The van der Waals surface area contributed by atoms with Crippen LogP contribution in [-0.4, -0.2) is 75.2 Å². The maximum Gasteiger partial charge on any atom is 0.405 e. The number of pyridine rings is 1. The minimum Gasteiger partial charge on any atom is -0.351 e. The number of carbonyl (C=O) groups excluding carboxylic acids is 1. The molecular weight excluding hydrogens is 494 g/mol. The van der Waals surface area contributed by atoms with E-state index in [9.17, 15) is 30.8 Å². The van der Waals surface area contributed by atoms with E-state index in [1.807, 2.05) is 0 Å². The van der Waals surface area contributed by atoms with Crippen molar-refractivity contribution in [3.8, 4) is 11.4 Å². The molecule has 0 radical (unpaired) electrons. The molecule has 0 atom stereocenters. The third-order valence-corrected chi connectivity index (χ3v) is 8.17. The SMILES string of the molecule is O=C(NCC(F)(F)F)C1(Nc2nc(-c3c[nH]c4ncccc34)ncc2F)CN(S(=O)(=O)C2CC2)C1. The van der Waals surface area contributed by atoms with Crippen molar-refractivity contribution < 1.29 is 30.8 Å². The number of nitrogens with one attached hydrogen (secondary N) is 3. The molecule has 15 heteroatoms. The molecule has 35 heavy (non-hydrogen) atoms. The van der Waals surface area contributed by atoms with Crippen molar-refractivity contribution in [1.82, 2.24) is 29.6 Å². The Morgan fingerprint density at radius 2 is 2.00 bits per heavy atom. The number of H-pyrrole nitrogens is 1. The molecule has 5 rings (SSSR count). The first kappa shape index (κ1) is 23.4. The molecule has 10 nitrogen and oxygen atoms in total. The predicted molar refractivity (Wildman–Crippen MR) is 116 cm³/mol. The van der Waals surface area contributed by atoms with E-state index in [1.54, 1.807) is 29.8 Å². The summed E-state index contributed by atoms with van der Waals surface area (Å²) in [5, 5.41) is 4.41. The van der Waals surface area contributed by atoms with Gasteiger partial charge >= 0.3 is 6.18 Å². The van der Waals surface area contributed by atoms with Crippen LogP contribution in [0.3, 0.4) is 0 Å². The molecule has 0 unspecified atom stereocenters. The number of sulfonamides is 1. The van der Waals surface area contributed by atoms with Crippen LogP contribution in [-0.2, 0) is 14.8 Å². The quantitative estimate of drug-likeness (QED) is 0.411. The normalized spacial score (nSPS) is 18.3. The third-order valence-electron chi connectivity index (χ3n) is 5.88. The Bertz CT molecular complexity index is 1400. The number of nitrogens with zero attached hydrogens (tertiary/aromatic N) is 4. The summed E-state index contributed by atoms with van der Waals surface area (Å²) in [6, 6.07) is 3.43. The molecular formula is C20H19F4N7O3S. The fourth-order valence-electron chi connectivity index (χ4n) is 3.89. The van der Waals surface area contributed by atoms with Gasteiger partial charge in [-0.25, -0.2) is 27.8 Å². The fraction of sp³-hybridized carbons (Fsp3) is 0.400. The van der Waals surface area contributed by atoms with E-state index in [-0.39, 0.29) is 5.82 Å². The zero-order valence-corrected chi connectivity index (χ0v) is 18.7. The van der Waals surface area contributed by atoms with Gasteiger partial charge in [-0.05, 0) is 25.0 Å². The average Bonchev–Trinajstić information content (AvgIpc) is 3.55. The standard InChI is InChI=1S/C20H19F4N7O3S/c21-14-7-27-16(13-6-26-15-12(13)2-1-5-25-15)29-17(14)30-19(18(32)28-8-20(22,23)24)9-31(10-19)35(33,34)11-3-4-11/h1-2,5-7,11H,3-4,8-10H2,(H,25,26)(H,28,32)(H,27,29,30). The van der Waals surface area contributed by atoms with Crippen molar-refractivity contribution in [1.29, 1.82) is 0 Å². The summed E-state index contributed by atoms with van der Waals surface area (Å²) in [6.07, 6.45) is 0.262. The number of aromatic nitrogens is 4. The number of alkyl halides is 3. The van der Waals surface area contributed by atoms with Crippen LogP contribution in [0.15, 0.2) is 30.7 Å². The van der Waals surface area contributed by atoms with E-state index < -0.39 is 64.2 Å². The number of hydrogen-bond acceptors (Lipinski definition) is 7. The number of anilines is 1. The van der Waals surface area contributed by atoms with Crippen LogP contribution in [0.5, 0.6) is 0 Å². The molecule has 2 fully saturated rings. The van der Waals surface area contributed by atoms with Crippen molar-refractivity contribution in [2.45, 2.75) is 29.8 Å². The monoisotopic (exact) mass is 513 g/mol. The van der Waals surface area contributed by atoms with E-state index in [0.717, 1.165) is 10.5 Å². The van der Waals surface area contributed by atoms with Crippen LogP contribution in [0.2, 0.25) is 0 Å². The molecule has 1 saturated heterocycles. The summed E-state index contributed by atoms with van der Waals surface area (Å²) in [7, 11) is -3.69. The van der Waals surface area contributed by atoms with Crippen molar-refractivity contribution >= 4 is 32.8 Å². The molecule has 3 aromatic heterocycles. The molecule has 0 bridgehead atoms. The second kappa shape index (κ2) is 8.12. The fourth-order valence-corrected chi connectivity index (χ4v) is 5.85. The van der Waals surface area contributed by atoms with Crippen LogP contribution < -0.4 is 10.6 Å². The van der Waals surface area contributed by atoms with Gasteiger partial charge in [0.2, 0.25) is 15.9 Å². The molecule has 0 aromatic carbocycles. The van der Waals surface area contributed by atoms with Gasteiger partial charge in [0.1, 0.15) is 17.7 Å².